The number of hydrogen-bond donors (Lipinski definition) is 1. The van der Waals surface area contributed by atoms with Gasteiger partial charge in [0.15, 0.2) is 0 Å². The highest BCUT2D eigenvalue weighted by molar-refractivity contribution is 9.10. The molecule has 4 nitrogen and oxygen atoms in total. The van der Waals surface area contributed by atoms with Crippen molar-refractivity contribution in [2.45, 2.75) is 39.9 Å². The van der Waals surface area contributed by atoms with Crippen LogP contribution in [0.2, 0.25) is 0 Å². The number of aryl methyl sites for hydroxylation is 1. The molecule has 1 N–H and O–H groups in total. The van der Waals surface area contributed by atoms with Gasteiger partial charge >= 0.3 is 0 Å². The Hall–Kier alpha value is -1.33. The molecule has 0 bridgehead atoms. The zero-order valence-electron chi connectivity index (χ0n) is 13.0. The van der Waals surface area contributed by atoms with Crippen LogP contribution in [0.5, 0.6) is 5.75 Å². The van der Waals surface area contributed by atoms with Crippen molar-refractivity contribution in [2.75, 3.05) is 7.11 Å². The largest absolute Gasteiger partial charge is 0.496 e. The normalized spacial score (nSPS) is 11.1. The minimum atomic E-state index is 0.477. The van der Waals surface area contributed by atoms with Crippen molar-refractivity contribution in [3.05, 3.63) is 45.7 Å². The van der Waals surface area contributed by atoms with E-state index in [2.05, 4.69) is 65.4 Å². The van der Waals surface area contributed by atoms with Gasteiger partial charge in [0.05, 0.1) is 23.8 Å². The number of nitrogens with zero attached hydrogens (tertiary/aromatic N) is 2. The van der Waals surface area contributed by atoms with Gasteiger partial charge in [-0.3, -0.25) is 4.68 Å². The smallest absolute Gasteiger partial charge is 0.133 e. The van der Waals surface area contributed by atoms with Gasteiger partial charge in [-0.1, -0.05) is 19.9 Å². The molecule has 0 aliphatic heterocycles. The lowest BCUT2D eigenvalue weighted by Crippen LogP contribution is -2.21. The van der Waals surface area contributed by atoms with Gasteiger partial charge in [-0.2, -0.15) is 5.10 Å². The number of rotatable bonds is 6. The Kier molecular flexibility index (Phi) is 5.42. The van der Waals surface area contributed by atoms with E-state index in [9.17, 15) is 0 Å². The third-order valence-corrected chi connectivity index (χ3v) is 3.93. The minimum absolute atomic E-state index is 0.477. The molecule has 2 aromatic rings. The maximum Gasteiger partial charge on any atom is 0.133 e. The quantitative estimate of drug-likeness (QED) is 0.865. The third-order valence-electron chi connectivity index (χ3n) is 3.31. The fraction of sp³-hybridized carbons (Fsp3) is 0.438. The van der Waals surface area contributed by atoms with Gasteiger partial charge in [-0.25, -0.2) is 0 Å². The minimum Gasteiger partial charge on any atom is -0.496 e. The molecule has 114 valence electrons. The Morgan fingerprint density at radius 1 is 1.38 bits per heavy atom. The predicted octanol–water partition coefficient (Wildman–Crippen LogP) is 3.51. The summed E-state index contributed by atoms with van der Waals surface area (Å²) in [7, 11) is 1.67. The Labute approximate surface area is 134 Å². The first-order chi connectivity index (χ1) is 9.99. The standard InChI is InChI=1S/C16H22BrN3O/c1-11(2)18-8-14-10-20(19-12(14)3)9-13-5-6-16(21-4)15(17)7-13/h5-7,10-11,18H,8-9H2,1-4H3. The van der Waals surface area contributed by atoms with E-state index in [4.69, 9.17) is 4.74 Å². The van der Waals surface area contributed by atoms with Gasteiger partial charge in [0.1, 0.15) is 5.75 Å². The van der Waals surface area contributed by atoms with E-state index < -0.39 is 0 Å². The Morgan fingerprint density at radius 2 is 2.14 bits per heavy atom. The second-order valence-electron chi connectivity index (χ2n) is 5.44. The van der Waals surface area contributed by atoms with Crippen molar-refractivity contribution >= 4 is 15.9 Å². The first-order valence-corrected chi connectivity index (χ1v) is 7.87. The molecule has 1 aromatic carbocycles. The number of methoxy groups -OCH3 is 1. The van der Waals surface area contributed by atoms with E-state index in [1.807, 2.05) is 10.7 Å². The zero-order valence-corrected chi connectivity index (χ0v) is 14.6. The maximum absolute atomic E-state index is 5.25. The maximum atomic E-state index is 5.25. The van der Waals surface area contributed by atoms with Crippen molar-refractivity contribution in [1.29, 1.82) is 0 Å². The van der Waals surface area contributed by atoms with Crippen LogP contribution in [0.15, 0.2) is 28.9 Å². The van der Waals surface area contributed by atoms with Crippen molar-refractivity contribution in [3.8, 4) is 5.75 Å². The average Bonchev–Trinajstić information content (AvgIpc) is 2.76. The van der Waals surface area contributed by atoms with Crippen LogP contribution in [0.3, 0.4) is 0 Å². The molecule has 0 radical (unpaired) electrons. The second kappa shape index (κ2) is 7.09. The lowest BCUT2D eigenvalue weighted by atomic mass is 10.2. The fourth-order valence-electron chi connectivity index (χ4n) is 2.12. The number of ether oxygens (including phenoxy) is 1. The number of aromatic nitrogens is 2. The van der Waals surface area contributed by atoms with Crippen molar-refractivity contribution in [1.82, 2.24) is 15.1 Å². The van der Waals surface area contributed by atoms with Crippen molar-refractivity contribution in [2.24, 2.45) is 0 Å². The SMILES string of the molecule is COc1ccc(Cn2cc(CNC(C)C)c(C)n2)cc1Br. The molecule has 0 saturated heterocycles. The topological polar surface area (TPSA) is 39.1 Å². The summed E-state index contributed by atoms with van der Waals surface area (Å²) in [6.45, 7) is 7.96. The summed E-state index contributed by atoms with van der Waals surface area (Å²) in [5.41, 5.74) is 3.51. The lowest BCUT2D eigenvalue weighted by molar-refractivity contribution is 0.412. The molecule has 21 heavy (non-hydrogen) atoms. The average molecular weight is 352 g/mol. The van der Waals surface area contributed by atoms with Crippen LogP contribution >= 0.6 is 15.9 Å². The molecular formula is C16H22BrN3O. The Bertz CT molecular complexity index is 608. The molecule has 5 heteroatoms. The first kappa shape index (κ1) is 16.0. The predicted molar refractivity (Wildman–Crippen MR) is 88.7 cm³/mol. The summed E-state index contributed by atoms with van der Waals surface area (Å²) in [5, 5.41) is 8.01. The molecule has 1 heterocycles. The van der Waals surface area contributed by atoms with E-state index in [-0.39, 0.29) is 0 Å². The second-order valence-corrected chi connectivity index (χ2v) is 6.30. The molecule has 1 aromatic heterocycles. The van der Waals surface area contributed by atoms with Gasteiger partial charge < -0.3 is 10.1 Å². The molecule has 0 unspecified atom stereocenters. The Morgan fingerprint density at radius 3 is 2.76 bits per heavy atom. The van der Waals surface area contributed by atoms with Gasteiger partial charge in [-0.15, -0.1) is 0 Å². The molecule has 0 fully saturated rings. The van der Waals surface area contributed by atoms with Crippen LogP contribution in [0.1, 0.15) is 30.7 Å². The highest BCUT2D eigenvalue weighted by Crippen LogP contribution is 2.25. The summed E-state index contributed by atoms with van der Waals surface area (Å²) >= 11 is 3.52. The molecule has 0 aliphatic rings. The number of nitrogens with one attached hydrogen (secondary N) is 1. The summed E-state index contributed by atoms with van der Waals surface area (Å²) in [4.78, 5) is 0. The molecule has 0 saturated carbocycles. The van der Waals surface area contributed by atoms with E-state index in [0.717, 1.165) is 29.0 Å². The molecule has 0 spiro atoms. The van der Waals surface area contributed by atoms with E-state index in [1.54, 1.807) is 7.11 Å². The van der Waals surface area contributed by atoms with Gasteiger partial charge in [0, 0.05) is 24.3 Å². The number of benzene rings is 1. The zero-order chi connectivity index (χ0) is 15.4. The van der Waals surface area contributed by atoms with Gasteiger partial charge in [0.25, 0.3) is 0 Å². The third kappa shape index (κ3) is 4.32. The molecular weight excluding hydrogens is 330 g/mol. The highest BCUT2D eigenvalue weighted by Gasteiger charge is 2.07. The first-order valence-electron chi connectivity index (χ1n) is 7.08. The van der Waals surface area contributed by atoms with E-state index in [1.165, 1.54) is 11.1 Å². The van der Waals surface area contributed by atoms with Crippen molar-refractivity contribution in [3.63, 3.8) is 0 Å². The summed E-state index contributed by atoms with van der Waals surface area (Å²) in [5.74, 6) is 0.845. The summed E-state index contributed by atoms with van der Waals surface area (Å²) in [6, 6.07) is 6.58. The summed E-state index contributed by atoms with van der Waals surface area (Å²) in [6.07, 6.45) is 2.11. The monoisotopic (exact) mass is 351 g/mol. The van der Waals surface area contributed by atoms with Gasteiger partial charge in [-0.05, 0) is 40.5 Å². The van der Waals surface area contributed by atoms with Crippen molar-refractivity contribution < 1.29 is 4.74 Å². The van der Waals surface area contributed by atoms with Crippen LogP contribution in [-0.4, -0.2) is 22.9 Å². The Balaban J connectivity index is 2.09. The molecule has 0 amide bonds. The summed E-state index contributed by atoms with van der Waals surface area (Å²) < 4.78 is 8.20. The van der Waals surface area contributed by atoms with Crippen LogP contribution in [0.4, 0.5) is 0 Å². The fourth-order valence-corrected chi connectivity index (χ4v) is 2.71. The van der Waals surface area contributed by atoms with Crippen LogP contribution in [0.25, 0.3) is 0 Å². The highest BCUT2D eigenvalue weighted by atomic mass is 79.9. The van der Waals surface area contributed by atoms with E-state index in [0.29, 0.717) is 6.04 Å². The van der Waals surface area contributed by atoms with Crippen LogP contribution in [-0.2, 0) is 13.1 Å². The number of halogens is 1. The van der Waals surface area contributed by atoms with E-state index >= 15 is 0 Å². The van der Waals surface area contributed by atoms with Crippen LogP contribution < -0.4 is 10.1 Å². The molecule has 2 rings (SSSR count). The number of hydrogen-bond acceptors (Lipinski definition) is 3. The molecule has 0 aliphatic carbocycles. The molecule has 0 atom stereocenters. The van der Waals surface area contributed by atoms with Crippen LogP contribution in [0, 0.1) is 6.92 Å². The lowest BCUT2D eigenvalue weighted by Gasteiger charge is -2.07. The van der Waals surface area contributed by atoms with Gasteiger partial charge in [0.2, 0.25) is 0 Å².